The Morgan fingerprint density at radius 1 is 1.41 bits per heavy atom. The minimum atomic E-state index is -3.87. The number of benzene rings is 1. The summed E-state index contributed by atoms with van der Waals surface area (Å²) in [7, 11) is -3.87. The molecule has 0 aliphatic carbocycles. The number of hydroxylamine groups is 1. The van der Waals surface area contributed by atoms with Crippen LogP contribution in [-0.2, 0) is 14.8 Å². The zero-order valence-corrected chi connectivity index (χ0v) is 15.9. The fraction of sp³-hybridized carbons (Fsp3) is 0.286. The zero-order valence-electron chi connectivity index (χ0n) is 14.2. The van der Waals surface area contributed by atoms with Crippen LogP contribution in [0.5, 0.6) is 0 Å². The Hall–Kier alpha value is -2.48. The molecule has 1 amide bonds. The molecule has 0 radical (unpaired) electrons. The van der Waals surface area contributed by atoms with Gasteiger partial charge in [0.05, 0.1) is 5.69 Å². The molecule has 0 atom stereocenters. The maximum atomic E-state index is 11.4. The molecule has 0 saturated heterocycles. The highest BCUT2D eigenvalue weighted by molar-refractivity contribution is 7.99. The Morgan fingerprint density at radius 3 is 2.85 bits per heavy atom. The third-order valence-corrected chi connectivity index (χ3v) is 4.64. The van der Waals surface area contributed by atoms with Crippen molar-refractivity contribution in [1.82, 2.24) is 21.1 Å². The number of amidine groups is 1. The minimum Gasteiger partial charge on any atom is -0.354 e. The number of primary sulfonamides is 1. The molecular formula is C14H18N6O5S2. The van der Waals surface area contributed by atoms with Crippen LogP contribution in [-0.4, -0.2) is 53.7 Å². The quantitative estimate of drug-likeness (QED) is 0.152. The molecule has 27 heavy (non-hydrogen) atoms. The van der Waals surface area contributed by atoms with Gasteiger partial charge < -0.3 is 5.32 Å². The van der Waals surface area contributed by atoms with Gasteiger partial charge in [0, 0.05) is 12.3 Å². The summed E-state index contributed by atoms with van der Waals surface area (Å²) in [6, 6.07) is 7.31. The van der Waals surface area contributed by atoms with Crippen LogP contribution in [0.3, 0.4) is 0 Å². The Labute approximate surface area is 159 Å². The van der Waals surface area contributed by atoms with Crippen LogP contribution in [0.1, 0.15) is 11.3 Å². The number of carbonyl (C=O) groups is 1. The smallest absolute Gasteiger partial charge is 0.236 e. The van der Waals surface area contributed by atoms with E-state index in [2.05, 4.69) is 20.6 Å². The van der Waals surface area contributed by atoms with E-state index in [0.29, 0.717) is 16.5 Å². The number of aryl methyl sites for hydroxylation is 1. The van der Waals surface area contributed by atoms with Gasteiger partial charge in [0.1, 0.15) is 5.75 Å². The van der Waals surface area contributed by atoms with Crippen molar-refractivity contribution in [3.05, 3.63) is 35.5 Å². The molecule has 0 aliphatic rings. The Kier molecular flexibility index (Phi) is 7.29. The van der Waals surface area contributed by atoms with Crippen LogP contribution in [0.25, 0.3) is 0 Å². The number of carbonyl (C=O) groups excluding carboxylic acids is 1. The van der Waals surface area contributed by atoms with E-state index in [-0.39, 0.29) is 18.1 Å². The number of amides is 1. The first-order valence-corrected chi connectivity index (χ1v) is 10.3. The summed E-state index contributed by atoms with van der Waals surface area (Å²) in [4.78, 5) is 15.7. The lowest BCUT2D eigenvalue weighted by molar-refractivity contribution is -0.118. The van der Waals surface area contributed by atoms with Crippen molar-refractivity contribution < 1.29 is 23.0 Å². The number of rotatable bonds is 8. The number of hydrogen-bond donors (Lipinski definition) is 4. The highest BCUT2D eigenvalue weighted by atomic mass is 32.2. The predicted molar refractivity (Wildman–Crippen MR) is 98.3 cm³/mol. The monoisotopic (exact) mass is 414 g/mol. The number of aliphatic imine (C=N–C) groups is 1. The molecule has 146 valence electrons. The topological polar surface area (TPSA) is 173 Å². The van der Waals surface area contributed by atoms with Crippen LogP contribution in [0.15, 0.2) is 38.9 Å². The maximum absolute atomic E-state index is 11.4. The number of nitrogens with one attached hydrogen (secondary N) is 2. The first-order chi connectivity index (χ1) is 12.8. The van der Waals surface area contributed by atoms with E-state index < -0.39 is 21.7 Å². The highest BCUT2D eigenvalue weighted by Crippen LogP contribution is 2.21. The van der Waals surface area contributed by atoms with Crippen molar-refractivity contribution in [2.24, 2.45) is 10.1 Å². The van der Waals surface area contributed by atoms with Crippen LogP contribution >= 0.6 is 11.8 Å². The van der Waals surface area contributed by atoms with Crippen molar-refractivity contribution in [1.29, 1.82) is 0 Å². The van der Waals surface area contributed by atoms with Crippen molar-refractivity contribution in [2.45, 2.75) is 11.9 Å². The van der Waals surface area contributed by atoms with Gasteiger partial charge in [-0.2, -0.15) is 0 Å². The number of thioether (sulfide) groups is 1. The van der Waals surface area contributed by atoms with E-state index in [9.17, 15) is 18.4 Å². The van der Waals surface area contributed by atoms with Gasteiger partial charge in [0.15, 0.2) is 16.6 Å². The van der Waals surface area contributed by atoms with Gasteiger partial charge in [0.2, 0.25) is 15.9 Å². The largest absolute Gasteiger partial charge is 0.354 e. The van der Waals surface area contributed by atoms with Crippen LogP contribution in [0.4, 0.5) is 5.69 Å². The Morgan fingerprint density at radius 2 is 2.19 bits per heavy atom. The molecule has 0 bridgehead atoms. The second kappa shape index (κ2) is 9.45. The van der Waals surface area contributed by atoms with E-state index in [4.69, 9.17) is 9.77 Å². The summed E-state index contributed by atoms with van der Waals surface area (Å²) in [5, 5.41) is 24.4. The number of sulfonamides is 1. The lowest BCUT2D eigenvalue weighted by Gasteiger charge is -2.05. The molecular weight excluding hydrogens is 396 g/mol. The molecule has 5 N–H and O–H groups in total. The molecule has 0 unspecified atom stereocenters. The van der Waals surface area contributed by atoms with Crippen LogP contribution < -0.4 is 15.9 Å². The number of hydrogen-bond acceptors (Lipinski definition) is 9. The van der Waals surface area contributed by atoms with Gasteiger partial charge in [-0.25, -0.2) is 23.2 Å². The highest BCUT2D eigenvalue weighted by Gasteiger charge is 2.17. The SMILES string of the molecule is Cc1cccc(N=C(NO)c2nonc2SCCNC(=O)CS(N)(=O)=O)c1. The van der Waals surface area contributed by atoms with Crippen molar-refractivity contribution in [3.8, 4) is 0 Å². The van der Waals surface area contributed by atoms with E-state index in [0.717, 1.165) is 5.56 Å². The average molecular weight is 414 g/mol. The minimum absolute atomic E-state index is 0.0441. The molecule has 13 heteroatoms. The summed E-state index contributed by atoms with van der Waals surface area (Å²) < 4.78 is 26.3. The van der Waals surface area contributed by atoms with Crippen LogP contribution in [0.2, 0.25) is 0 Å². The predicted octanol–water partition coefficient (Wildman–Crippen LogP) is -0.0681. The Balaban J connectivity index is 1.99. The molecule has 1 aromatic heterocycles. The van der Waals surface area contributed by atoms with Gasteiger partial charge in [-0.1, -0.05) is 23.9 Å². The lowest BCUT2D eigenvalue weighted by atomic mass is 10.2. The second-order valence-electron chi connectivity index (χ2n) is 5.33. The third kappa shape index (κ3) is 6.97. The van der Waals surface area contributed by atoms with E-state index >= 15 is 0 Å². The van der Waals surface area contributed by atoms with Crippen molar-refractivity contribution >= 4 is 39.2 Å². The van der Waals surface area contributed by atoms with Crippen LogP contribution in [0, 0.1) is 6.92 Å². The van der Waals surface area contributed by atoms with Gasteiger partial charge in [0.25, 0.3) is 0 Å². The number of nitrogens with zero attached hydrogens (tertiary/aromatic N) is 3. The van der Waals surface area contributed by atoms with Gasteiger partial charge in [-0.15, -0.1) is 0 Å². The molecule has 0 aliphatic heterocycles. The molecule has 2 rings (SSSR count). The van der Waals surface area contributed by atoms with Crippen molar-refractivity contribution in [2.75, 3.05) is 18.1 Å². The molecule has 0 fully saturated rings. The van der Waals surface area contributed by atoms with Gasteiger partial charge in [-0.05, 0) is 34.9 Å². The molecule has 2 aromatic rings. The normalized spacial score (nSPS) is 12.0. The third-order valence-electron chi connectivity index (χ3n) is 3.03. The van der Waals surface area contributed by atoms with Gasteiger partial charge in [-0.3, -0.25) is 15.5 Å². The molecule has 0 spiro atoms. The molecule has 1 aromatic carbocycles. The standard InChI is InChI=1S/C14H18N6O5S2/c1-9-3-2-4-10(7-9)17-13(18-22)12-14(20-25-19-12)26-6-5-16-11(21)8-27(15,23)24/h2-4,7,22H,5-6,8H2,1H3,(H,16,21)(H,17,18)(H2,15,23,24). The summed E-state index contributed by atoms with van der Waals surface area (Å²) in [6.45, 7) is 2.08. The van der Waals surface area contributed by atoms with E-state index in [1.807, 2.05) is 30.6 Å². The first-order valence-electron chi connectivity index (χ1n) is 7.57. The molecule has 11 nitrogen and oxygen atoms in total. The van der Waals surface area contributed by atoms with E-state index in [1.54, 1.807) is 6.07 Å². The summed E-state index contributed by atoms with van der Waals surface area (Å²) >= 11 is 1.18. The fourth-order valence-corrected chi connectivity index (χ4v) is 3.17. The summed E-state index contributed by atoms with van der Waals surface area (Å²) in [5.41, 5.74) is 3.76. The fourth-order valence-electron chi connectivity index (χ4n) is 1.95. The molecule has 0 saturated carbocycles. The Bertz CT molecular complexity index is 928. The zero-order chi connectivity index (χ0) is 19.9. The lowest BCUT2D eigenvalue weighted by Crippen LogP contribution is -2.34. The molecule has 1 heterocycles. The average Bonchev–Trinajstić information content (AvgIpc) is 3.03. The number of nitrogens with two attached hydrogens (primary N) is 1. The summed E-state index contributed by atoms with van der Waals surface area (Å²) in [5.74, 6) is -1.09. The number of aromatic nitrogens is 2. The second-order valence-corrected chi connectivity index (χ2v) is 8.03. The summed E-state index contributed by atoms with van der Waals surface area (Å²) in [6.07, 6.45) is 0. The first kappa shape index (κ1) is 20.8. The van der Waals surface area contributed by atoms with Crippen molar-refractivity contribution in [3.63, 3.8) is 0 Å². The van der Waals surface area contributed by atoms with E-state index in [1.165, 1.54) is 11.8 Å². The maximum Gasteiger partial charge on any atom is 0.236 e. The van der Waals surface area contributed by atoms with Gasteiger partial charge >= 0.3 is 0 Å².